The van der Waals surface area contributed by atoms with Gasteiger partial charge in [-0.05, 0) is 63.4 Å². The molecule has 0 bridgehead atoms. The molecule has 4 aromatic rings. The Hall–Kier alpha value is -5.57. The van der Waals surface area contributed by atoms with E-state index in [0.29, 0.717) is 29.9 Å². The van der Waals surface area contributed by atoms with E-state index < -0.39 is 17.4 Å². The molecule has 1 aromatic carbocycles. The van der Waals surface area contributed by atoms with Crippen molar-refractivity contribution in [1.82, 2.24) is 34.6 Å². The van der Waals surface area contributed by atoms with Gasteiger partial charge in [0.25, 0.3) is 5.91 Å². The number of anilines is 5. The average molecular weight is 760 g/mol. The van der Waals surface area contributed by atoms with Crippen LogP contribution in [0.15, 0.2) is 48.8 Å². The van der Waals surface area contributed by atoms with Crippen LogP contribution in [0.5, 0.6) is 0 Å². The first-order chi connectivity index (χ1) is 27.0. The van der Waals surface area contributed by atoms with Crippen molar-refractivity contribution in [3.8, 4) is 0 Å². The quantitative estimate of drug-likeness (QED) is 0.252. The Balaban J connectivity index is 0.823. The molecular weight excluding hydrogens is 711 g/mol. The smallest absolute Gasteiger partial charge is 0.270 e. The summed E-state index contributed by atoms with van der Waals surface area (Å²) in [7, 11) is 3.55. The van der Waals surface area contributed by atoms with Crippen molar-refractivity contribution < 1.29 is 19.2 Å². The summed E-state index contributed by atoms with van der Waals surface area (Å²) in [5, 5.41) is 6.55. The number of carbonyl (C=O) groups excluding carboxylic acids is 4. The number of aromatic nitrogens is 4. The fourth-order valence-electron chi connectivity index (χ4n) is 9.37. The van der Waals surface area contributed by atoms with Crippen molar-refractivity contribution in [2.45, 2.75) is 75.9 Å². The summed E-state index contributed by atoms with van der Waals surface area (Å²) in [4.78, 5) is 76.2. The van der Waals surface area contributed by atoms with Gasteiger partial charge in [0.15, 0.2) is 0 Å². The Kier molecular flexibility index (Phi) is 8.94. The van der Waals surface area contributed by atoms with Crippen molar-refractivity contribution in [3.63, 3.8) is 0 Å². The van der Waals surface area contributed by atoms with Crippen molar-refractivity contribution >= 4 is 63.5 Å². The number of fused-ring (bicyclic) bond motifs is 2. The van der Waals surface area contributed by atoms with Crippen LogP contribution in [-0.2, 0) is 19.8 Å². The predicted molar refractivity (Wildman–Crippen MR) is 213 cm³/mol. The molecule has 15 heteroatoms. The molecule has 0 spiro atoms. The van der Waals surface area contributed by atoms with Crippen LogP contribution in [0.1, 0.15) is 74.5 Å². The molecule has 2 N–H and O–H groups in total. The number of nitrogens with one attached hydrogen (secondary N) is 2. The number of pyridine rings is 1. The molecule has 4 aliphatic heterocycles. The Bertz CT molecular complexity index is 2210. The third-order valence-corrected chi connectivity index (χ3v) is 12.5. The molecule has 292 valence electrons. The summed E-state index contributed by atoms with van der Waals surface area (Å²) in [5.74, 6) is 0.276. The van der Waals surface area contributed by atoms with Crippen LogP contribution in [0.25, 0.3) is 11.0 Å². The lowest BCUT2D eigenvalue weighted by molar-refractivity contribution is -0.136. The minimum absolute atomic E-state index is 0.0308. The Labute approximate surface area is 326 Å². The topological polar surface area (TPSA) is 152 Å². The number of hydrogen-bond acceptors (Lipinski definition) is 11. The van der Waals surface area contributed by atoms with Crippen LogP contribution >= 0.6 is 0 Å². The predicted octanol–water partition coefficient (Wildman–Crippen LogP) is 3.83. The summed E-state index contributed by atoms with van der Waals surface area (Å²) >= 11 is 0. The maximum Gasteiger partial charge on any atom is 0.270 e. The van der Waals surface area contributed by atoms with Crippen molar-refractivity contribution in [2.75, 3.05) is 73.4 Å². The van der Waals surface area contributed by atoms with Crippen LogP contribution in [-0.4, -0.2) is 118 Å². The molecule has 0 unspecified atom stereocenters. The maximum atomic E-state index is 13.8. The number of benzene rings is 1. The summed E-state index contributed by atoms with van der Waals surface area (Å²) in [6.07, 6.45) is 8.59. The lowest BCUT2D eigenvalue weighted by Gasteiger charge is -2.49. The summed E-state index contributed by atoms with van der Waals surface area (Å²) in [6.45, 7) is 9.21. The number of imide groups is 1. The van der Waals surface area contributed by atoms with Gasteiger partial charge in [-0.15, -0.1) is 0 Å². The van der Waals surface area contributed by atoms with Crippen LogP contribution in [0, 0.1) is 0 Å². The lowest BCUT2D eigenvalue weighted by atomic mass is 9.84. The number of piperazine rings is 1. The van der Waals surface area contributed by atoms with Gasteiger partial charge in [0, 0.05) is 94.7 Å². The second-order valence-electron chi connectivity index (χ2n) is 16.6. The highest BCUT2D eigenvalue weighted by molar-refractivity contribution is 6.14. The average Bonchev–Trinajstić information content (AvgIpc) is 3.88. The normalized spacial score (nSPS) is 21.8. The highest BCUT2D eigenvalue weighted by Gasteiger charge is 2.51. The number of nitrogens with zero attached hydrogens (tertiary/aromatic N) is 9. The molecule has 9 rings (SSSR count). The van der Waals surface area contributed by atoms with Crippen molar-refractivity contribution in [1.29, 1.82) is 0 Å². The van der Waals surface area contributed by atoms with E-state index in [1.165, 1.54) is 0 Å². The number of amides is 4. The first-order valence-electron chi connectivity index (χ1n) is 19.9. The zero-order valence-electron chi connectivity index (χ0n) is 32.5. The van der Waals surface area contributed by atoms with Gasteiger partial charge in [-0.25, -0.2) is 9.97 Å². The van der Waals surface area contributed by atoms with Gasteiger partial charge in [0.05, 0.1) is 23.0 Å². The van der Waals surface area contributed by atoms with E-state index in [0.717, 1.165) is 98.6 Å². The zero-order chi connectivity index (χ0) is 38.9. The molecule has 0 radical (unpaired) electrons. The highest BCUT2D eigenvalue weighted by atomic mass is 16.2. The molecular formula is C41H49N11O4. The van der Waals surface area contributed by atoms with E-state index in [2.05, 4.69) is 47.0 Å². The molecule has 4 amide bonds. The number of piperidine rings is 1. The molecule has 1 atom stereocenters. The standard InChI is InChI=1S/C41H49N11O4/c1-41(2)35-29(10-7-11-30(35)52(39(41)56)31-13-15-34(53)45-37(31)54)49-18-16-48(17-19-49)28-23-50(24-28)27-12-14-33(42-22-27)44-40-43-21-25-20-32(38(55)47(3)4)51(36(25)46-40)26-8-5-6-9-26/h7,10-12,14,20-22,26,28,31H,5-6,8-9,13,15-19,23-24H2,1-4H3,(H,45,53,54)(H,42,43,44,46)/t31-/m0/s1. The fraction of sp³-hybridized carbons (Fsp3) is 0.488. The van der Waals surface area contributed by atoms with Crippen LogP contribution < -0.4 is 25.3 Å². The molecule has 56 heavy (non-hydrogen) atoms. The second-order valence-corrected chi connectivity index (χ2v) is 16.6. The van der Waals surface area contributed by atoms with E-state index in [1.54, 1.807) is 30.1 Å². The van der Waals surface area contributed by atoms with Crippen LogP contribution in [0.3, 0.4) is 0 Å². The van der Waals surface area contributed by atoms with Gasteiger partial charge in [0.2, 0.25) is 23.7 Å². The van der Waals surface area contributed by atoms with E-state index in [-0.39, 0.29) is 30.2 Å². The monoisotopic (exact) mass is 759 g/mol. The van der Waals surface area contributed by atoms with Crippen LogP contribution in [0.2, 0.25) is 0 Å². The zero-order valence-corrected chi connectivity index (χ0v) is 32.5. The minimum Gasteiger partial charge on any atom is -0.369 e. The second kappa shape index (κ2) is 13.9. The van der Waals surface area contributed by atoms with E-state index in [4.69, 9.17) is 9.97 Å². The fourth-order valence-corrected chi connectivity index (χ4v) is 9.37. The van der Waals surface area contributed by atoms with Crippen molar-refractivity contribution in [3.05, 3.63) is 60.0 Å². The molecule has 1 saturated carbocycles. The first kappa shape index (κ1) is 36.1. The number of rotatable bonds is 8. The van der Waals surface area contributed by atoms with Gasteiger partial charge >= 0.3 is 0 Å². The molecule has 7 heterocycles. The highest BCUT2D eigenvalue weighted by Crippen LogP contribution is 2.48. The Morgan fingerprint density at radius 3 is 2.34 bits per heavy atom. The van der Waals surface area contributed by atoms with Gasteiger partial charge in [-0.3, -0.25) is 34.3 Å². The Morgan fingerprint density at radius 1 is 0.893 bits per heavy atom. The molecule has 1 aliphatic carbocycles. The molecule has 5 aliphatic rings. The summed E-state index contributed by atoms with van der Waals surface area (Å²) < 4.78 is 2.11. The molecule has 3 aromatic heterocycles. The Morgan fingerprint density at radius 2 is 1.64 bits per heavy atom. The number of hydrogen-bond donors (Lipinski definition) is 2. The number of carbonyl (C=O) groups is 4. The lowest BCUT2D eigenvalue weighted by Crippen LogP contribution is -2.63. The largest absolute Gasteiger partial charge is 0.369 e. The minimum atomic E-state index is -0.794. The van der Waals surface area contributed by atoms with Gasteiger partial charge in [-0.1, -0.05) is 18.9 Å². The maximum absolute atomic E-state index is 13.8. The van der Waals surface area contributed by atoms with Crippen LogP contribution in [0.4, 0.5) is 28.8 Å². The molecule has 4 fully saturated rings. The van der Waals surface area contributed by atoms with E-state index in [9.17, 15) is 19.2 Å². The molecule has 15 nitrogen and oxygen atoms in total. The molecule has 3 saturated heterocycles. The third-order valence-electron chi connectivity index (χ3n) is 12.5. The summed E-state index contributed by atoms with van der Waals surface area (Å²) in [5.41, 5.74) is 4.47. The van der Waals surface area contributed by atoms with Gasteiger partial charge in [-0.2, -0.15) is 4.98 Å². The van der Waals surface area contributed by atoms with E-state index >= 15 is 0 Å². The van der Waals surface area contributed by atoms with E-state index in [1.807, 2.05) is 44.3 Å². The van der Waals surface area contributed by atoms with Gasteiger partial charge in [0.1, 0.15) is 23.2 Å². The SMILES string of the molecule is CN(C)C(=O)c1cc2cnc(Nc3ccc(N4CC(N5CCN(c6cccc7c6C(C)(C)C(=O)N7[C@H]6CCC(=O)NC6=O)CC5)C4)cn3)nc2n1C1CCCC1. The first-order valence-corrected chi connectivity index (χ1v) is 19.9. The summed E-state index contributed by atoms with van der Waals surface area (Å²) in [6, 6.07) is 11.9. The van der Waals surface area contributed by atoms with Crippen molar-refractivity contribution in [2.24, 2.45) is 0 Å². The van der Waals surface area contributed by atoms with Gasteiger partial charge < -0.3 is 24.6 Å². The third kappa shape index (κ3) is 6.12.